The molecule has 30 heavy (non-hydrogen) atoms. The summed E-state index contributed by atoms with van der Waals surface area (Å²) in [5.41, 5.74) is 1.59. The standard InChI is InChI=1S/C23H19BrN2O4/c1-29-18-12-10-17(11-13-18)25-22(27)19(9-5-8-16-6-3-2-4-7-16)26-23(28)20-14-15-21(24)30-20/h2-15H,1H3,(H,25,27)(H,26,28)/b8-5-,19-9-. The van der Waals surface area contributed by atoms with Crippen molar-refractivity contribution in [3.8, 4) is 5.75 Å². The molecule has 2 N–H and O–H groups in total. The Hall–Kier alpha value is -3.58. The summed E-state index contributed by atoms with van der Waals surface area (Å²) in [5, 5.41) is 5.35. The lowest BCUT2D eigenvalue weighted by Crippen LogP contribution is -2.30. The molecule has 0 radical (unpaired) electrons. The third-order valence-electron chi connectivity index (χ3n) is 3.99. The minimum Gasteiger partial charge on any atom is -0.497 e. The third kappa shape index (κ3) is 5.96. The maximum Gasteiger partial charge on any atom is 0.291 e. The number of hydrogen-bond donors (Lipinski definition) is 2. The highest BCUT2D eigenvalue weighted by molar-refractivity contribution is 9.10. The van der Waals surface area contributed by atoms with Crippen molar-refractivity contribution < 1.29 is 18.7 Å². The molecule has 0 fully saturated rings. The van der Waals surface area contributed by atoms with Crippen LogP contribution in [-0.2, 0) is 4.79 Å². The molecule has 152 valence electrons. The highest BCUT2D eigenvalue weighted by Gasteiger charge is 2.16. The number of halogens is 1. The molecule has 0 spiro atoms. The molecule has 0 saturated carbocycles. The van der Waals surface area contributed by atoms with Crippen molar-refractivity contribution >= 4 is 39.5 Å². The first kappa shape index (κ1) is 21.1. The number of ether oxygens (including phenoxy) is 1. The minimum absolute atomic E-state index is 0.0653. The molecule has 0 saturated heterocycles. The Kier molecular flexibility index (Phi) is 7.24. The Morgan fingerprint density at radius 1 is 1.00 bits per heavy atom. The van der Waals surface area contributed by atoms with Gasteiger partial charge in [0.1, 0.15) is 11.4 Å². The third-order valence-corrected chi connectivity index (χ3v) is 4.42. The average molecular weight is 467 g/mol. The molecule has 1 aromatic heterocycles. The van der Waals surface area contributed by atoms with Crippen molar-refractivity contribution in [1.82, 2.24) is 5.32 Å². The molecule has 3 aromatic rings. The lowest BCUT2D eigenvalue weighted by atomic mass is 10.2. The molecular weight excluding hydrogens is 448 g/mol. The number of amides is 2. The Morgan fingerprint density at radius 2 is 1.73 bits per heavy atom. The SMILES string of the molecule is COc1ccc(NC(=O)/C(=C/C=C\c2ccccc2)NC(=O)c2ccc(Br)o2)cc1. The molecule has 0 bridgehead atoms. The topological polar surface area (TPSA) is 80.6 Å². The Bertz CT molecular complexity index is 1070. The zero-order valence-corrected chi connectivity index (χ0v) is 17.7. The van der Waals surface area contributed by atoms with Gasteiger partial charge in [0, 0.05) is 5.69 Å². The van der Waals surface area contributed by atoms with Gasteiger partial charge < -0.3 is 19.8 Å². The van der Waals surface area contributed by atoms with Gasteiger partial charge in [0.15, 0.2) is 10.4 Å². The number of nitrogens with one attached hydrogen (secondary N) is 2. The first-order chi connectivity index (χ1) is 14.5. The summed E-state index contributed by atoms with van der Waals surface area (Å²) in [6.07, 6.45) is 5.05. The summed E-state index contributed by atoms with van der Waals surface area (Å²) in [4.78, 5) is 25.2. The van der Waals surface area contributed by atoms with Crippen LogP contribution in [0.5, 0.6) is 5.75 Å². The summed E-state index contributed by atoms with van der Waals surface area (Å²) in [7, 11) is 1.57. The number of methoxy groups -OCH3 is 1. The van der Waals surface area contributed by atoms with Crippen molar-refractivity contribution in [2.24, 2.45) is 0 Å². The number of carbonyl (C=O) groups excluding carboxylic acids is 2. The highest BCUT2D eigenvalue weighted by atomic mass is 79.9. The number of anilines is 1. The molecule has 2 aromatic carbocycles. The van der Waals surface area contributed by atoms with Gasteiger partial charge in [-0.15, -0.1) is 0 Å². The summed E-state index contributed by atoms with van der Waals surface area (Å²) >= 11 is 3.16. The van der Waals surface area contributed by atoms with E-state index >= 15 is 0 Å². The largest absolute Gasteiger partial charge is 0.497 e. The van der Waals surface area contributed by atoms with Gasteiger partial charge in [-0.1, -0.05) is 42.5 Å². The number of hydrogen-bond acceptors (Lipinski definition) is 4. The quantitative estimate of drug-likeness (QED) is 0.378. The van der Waals surface area contributed by atoms with Crippen molar-refractivity contribution in [3.63, 3.8) is 0 Å². The Balaban J connectivity index is 1.79. The summed E-state index contributed by atoms with van der Waals surface area (Å²) in [6.45, 7) is 0. The van der Waals surface area contributed by atoms with Crippen LogP contribution < -0.4 is 15.4 Å². The van der Waals surface area contributed by atoms with Gasteiger partial charge in [-0.25, -0.2) is 0 Å². The monoisotopic (exact) mass is 466 g/mol. The van der Waals surface area contributed by atoms with Crippen LogP contribution in [0.2, 0.25) is 0 Å². The summed E-state index contributed by atoms with van der Waals surface area (Å²) in [6, 6.07) is 19.6. The van der Waals surface area contributed by atoms with E-state index in [4.69, 9.17) is 9.15 Å². The molecule has 2 amide bonds. The van der Waals surface area contributed by atoms with Gasteiger partial charge in [0.2, 0.25) is 0 Å². The van der Waals surface area contributed by atoms with Gasteiger partial charge in [-0.05, 0) is 64.0 Å². The number of benzene rings is 2. The maximum atomic E-state index is 12.8. The molecule has 3 rings (SSSR count). The molecule has 0 aliphatic carbocycles. The van der Waals surface area contributed by atoms with E-state index in [9.17, 15) is 9.59 Å². The summed E-state index contributed by atoms with van der Waals surface area (Å²) < 4.78 is 10.8. The molecule has 6 nitrogen and oxygen atoms in total. The predicted molar refractivity (Wildman–Crippen MR) is 119 cm³/mol. The smallest absolute Gasteiger partial charge is 0.291 e. The fourth-order valence-electron chi connectivity index (χ4n) is 2.49. The number of furan rings is 1. The lowest BCUT2D eigenvalue weighted by molar-refractivity contribution is -0.113. The van der Waals surface area contributed by atoms with Crippen LogP contribution in [0.1, 0.15) is 16.1 Å². The van der Waals surface area contributed by atoms with Crippen molar-refractivity contribution in [2.75, 3.05) is 12.4 Å². The zero-order chi connectivity index (χ0) is 21.3. The maximum absolute atomic E-state index is 12.8. The first-order valence-corrected chi connectivity index (χ1v) is 9.80. The van der Waals surface area contributed by atoms with Crippen LogP contribution in [0.25, 0.3) is 6.08 Å². The van der Waals surface area contributed by atoms with Crippen molar-refractivity contribution in [3.05, 3.63) is 101 Å². The first-order valence-electron chi connectivity index (χ1n) is 9.00. The second-order valence-electron chi connectivity index (χ2n) is 6.09. The molecular formula is C23H19BrN2O4. The average Bonchev–Trinajstić information content (AvgIpc) is 3.20. The molecule has 0 aliphatic heterocycles. The fourth-order valence-corrected chi connectivity index (χ4v) is 2.79. The fraction of sp³-hybridized carbons (Fsp3) is 0.0435. The second kappa shape index (κ2) is 10.3. The molecule has 0 unspecified atom stereocenters. The number of allylic oxidation sites excluding steroid dienone is 2. The second-order valence-corrected chi connectivity index (χ2v) is 6.87. The van der Waals surface area contributed by atoms with Gasteiger partial charge in [0.05, 0.1) is 7.11 Å². The van der Waals surface area contributed by atoms with Gasteiger partial charge in [-0.2, -0.15) is 0 Å². The zero-order valence-electron chi connectivity index (χ0n) is 16.1. The normalized spacial score (nSPS) is 11.3. The van der Waals surface area contributed by atoms with E-state index in [1.165, 1.54) is 12.1 Å². The molecule has 0 atom stereocenters. The van der Waals surface area contributed by atoms with Crippen LogP contribution in [0.4, 0.5) is 5.69 Å². The van der Waals surface area contributed by atoms with Crippen LogP contribution in [0.15, 0.2) is 93.7 Å². The van der Waals surface area contributed by atoms with Crippen LogP contribution >= 0.6 is 15.9 Å². The van der Waals surface area contributed by atoms with Gasteiger partial charge in [0.25, 0.3) is 11.8 Å². The molecule has 7 heteroatoms. The number of rotatable bonds is 7. The van der Waals surface area contributed by atoms with E-state index < -0.39 is 11.8 Å². The van der Waals surface area contributed by atoms with E-state index in [0.29, 0.717) is 16.1 Å². The van der Waals surface area contributed by atoms with E-state index in [-0.39, 0.29) is 11.5 Å². The van der Waals surface area contributed by atoms with Gasteiger partial charge in [-0.3, -0.25) is 9.59 Å². The van der Waals surface area contributed by atoms with Crippen LogP contribution in [0, 0.1) is 0 Å². The highest BCUT2D eigenvalue weighted by Crippen LogP contribution is 2.17. The Morgan fingerprint density at radius 3 is 2.37 bits per heavy atom. The van der Waals surface area contributed by atoms with Crippen molar-refractivity contribution in [2.45, 2.75) is 0 Å². The molecule has 0 aliphatic rings. The minimum atomic E-state index is -0.537. The van der Waals surface area contributed by atoms with E-state index in [1.807, 2.05) is 36.4 Å². The predicted octanol–water partition coefficient (Wildman–Crippen LogP) is 5.02. The van der Waals surface area contributed by atoms with Crippen molar-refractivity contribution in [1.29, 1.82) is 0 Å². The lowest BCUT2D eigenvalue weighted by Gasteiger charge is -2.10. The summed E-state index contributed by atoms with van der Waals surface area (Å²) in [5.74, 6) is -0.259. The van der Waals surface area contributed by atoms with Gasteiger partial charge >= 0.3 is 0 Å². The van der Waals surface area contributed by atoms with Crippen LogP contribution in [0.3, 0.4) is 0 Å². The number of carbonyl (C=O) groups is 2. The van der Waals surface area contributed by atoms with E-state index in [2.05, 4.69) is 26.6 Å². The molecule has 1 heterocycles. The van der Waals surface area contributed by atoms with E-state index in [1.54, 1.807) is 43.5 Å². The van der Waals surface area contributed by atoms with Crippen LogP contribution in [-0.4, -0.2) is 18.9 Å². The van der Waals surface area contributed by atoms with E-state index in [0.717, 1.165) is 5.56 Å². The Labute approximate surface area is 182 Å².